The Bertz CT molecular complexity index is 158. The molecule has 1 N–H and O–H groups in total. The van der Waals surface area contributed by atoms with Gasteiger partial charge in [0.1, 0.15) is 0 Å². The summed E-state index contributed by atoms with van der Waals surface area (Å²) in [7, 11) is 0. The second-order valence-corrected chi connectivity index (χ2v) is 2.40. The van der Waals surface area contributed by atoms with Crippen LogP contribution in [0.3, 0.4) is 0 Å². The maximum absolute atomic E-state index is 10.8. The molecule has 0 aromatic rings. The number of carbonyl (C=O) groups is 1. The summed E-state index contributed by atoms with van der Waals surface area (Å²) in [5.74, 6) is 0.0775. The quantitative estimate of drug-likeness (QED) is 0.517. The summed E-state index contributed by atoms with van der Waals surface area (Å²) >= 11 is 0. The van der Waals surface area contributed by atoms with Crippen molar-refractivity contribution in [3.63, 3.8) is 0 Å². The van der Waals surface area contributed by atoms with Crippen molar-refractivity contribution < 1.29 is 9.90 Å². The van der Waals surface area contributed by atoms with E-state index in [1.54, 1.807) is 13.0 Å². The normalized spacial score (nSPS) is 28.0. The highest BCUT2D eigenvalue weighted by atomic mass is 16.3. The van der Waals surface area contributed by atoms with Crippen LogP contribution in [0.5, 0.6) is 0 Å². The number of hydrogen-bond acceptors (Lipinski definition) is 2. The third kappa shape index (κ3) is 1.39. The van der Waals surface area contributed by atoms with E-state index in [9.17, 15) is 4.79 Å². The third-order valence-corrected chi connectivity index (χ3v) is 1.56. The third-order valence-electron chi connectivity index (χ3n) is 1.56. The average Bonchev–Trinajstić information content (AvgIpc) is 1.80. The number of aliphatic hydroxyl groups is 1. The van der Waals surface area contributed by atoms with Gasteiger partial charge in [-0.15, -0.1) is 0 Å². The molecule has 1 unspecified atom stereocenters. The van der Waals surface area contributed by atoms with Crippen LogP contribution >= 0.6 is 0 Å². The molecule has 2 nitrogen and oxygen atoms in total. The van der Waals surface area contributed by atoms with E-state index in [1.807, 2.05) is 0 Å². The van der Waals surface area contributed by atoms with Crippen LogP contribution in [0.15, 0.2) is 11.6 Å². The largest absolute Gasteiger partial charge is 0.392 e. The van der Waals surface area contributed by atoms with Gasteiger partial charge in [0, 0.05) is 6.42 Å². The van der Waals surface area contributed by atoms with Crippen LogP contribution in [0.4, 0.5) is 0 Å². The Morgan fingerprint density at radius 2 is 2.44 bits per heavy atom. The molecule has 2 heteroatoms. The van der Waals surface area contributed by atoms with E-state index < -0.39 is 6.10 Å². The minimum absolute atomic E-state index is 0.0775. The Morgan fingerprint density at radius 1 is 1.78 bits per heavy atom. The first kappa shape index (κ1) is 6.49. The maximum atomic E-state index is 10.8. The number of allylic oxidation sites excluding steroid dienone is 1. The van der Waals surface area contributed by atoms with Crippen molar-refractivity contribution in [2.24, 2.45) is 0 Å². The number of aliphatic hydroxyl groups excluding tert-OH is 1. The van der Waals surface area contributed by atoms with Crippen molar-refractivity contribution in [1.29, 1.82) is 0 Å². The van der Waals surface area contributed by atoms with Crippen LogP contribution in [0.1, 0.15) is 19.8 Å². The summed E-state index contributed by atoms with van der Waals surface area (Å²) in [6, 6.07) is 0. The van der Waals surface area contributed by atoms with Gasteiger partial charge in [-0.2, -0.15) is 0 Å². The highest BCUT2D eigenvalue weighted by Crippen LogP contribution is 2.13. The molecule has 0 spiro atoms. The van der Waals surface area contributed by atoms with E-state index in [0.717, 1.165) is 5.57 Å². The molecular weight excluding hydrogens is 116 g/mol. The van der Waals surface area contributed by atoms with Gasteiger partial charge in [-0.05, 0) is 18.9 Å². The highest BCUT2D eigenvalue weighted by Gasteiger charge is 2.15. The lowest BCUT2D eigenvalue weighted by Gasteiger charge is -2.12. The molecule has 9 heavy (non-hydrogen) atoms. The van der Waals surface area contributed by atoms with Gasteiger partial charge in [-0.1, -0.05) is 6.08 Å². The summed E-state index contributed by atoms with van der Waals surface area (Å²) in [6.07, 6.45) is 2.30. The van der Waals surface area contributed by atoms with E-state index in [2.05, 4.69) is 0 Å². The number of Topliss-reactive ketones (excluding diaryl/α,β-unsaturated/α-hetero) is 1. The summed E-state index contributed by atoms with van der Waals surface area (Å²) < 4.78 is 0. The highest BCUT2D eigenvalue weighted by molar-refractivity contribution is 5.95. The van der Waals surface area contributed by atoms with E-state index >= 15 is 0 Å². The van der Waals surface area contributed by atoms with Crippen LogP contribution < -0.4 is 0 Å². The first-order valence-electron chi connectivity index (χ1n) is 3.08. The molecule has 0 aromatic carbocycles. The maximum Gasteiger partial charge on any atom is 0.160 e. The molecule has 0 aliphatic heterocycles. The van der Waals surface area contributed by atoms with Crippen molar-refractivity contribution in [3.05, 3.63) is 11.6 Å². The zero-order valence-electron chi connectivity index (χ0n) is 5.42. The molecule has 50 valence electrons. The van der Waals surface area contributed by atoms with Crippen molar-refractivity contribution in [2.45, 2.75) is 25.9 Å². The first-order valence-corrected chi connectivity index (χ1v) is 3.08. The van der Waals surface area contributed by atoms with Crippen LogP contribution in [0, 0.1) is 0 Å². The Morgan fingerprint density at radius 3 is 2.89 bits per heavy atom. The first-order chi connectivity index (χ1) is 4.20. The fraction of sp³-hybridized carbons (Fsp3) is 0.571. The van der Waals surface area contributed by atoms with Gasteiger partial charge >= 0.3 is 0 Å². The fourth-order valence-corrected chi connectivity index (χ4v) is 0.885. The Hall–Kier alpha value is -0.630. The zero-order valence-corrected chi connectivity index (χ0v) is 5.42. The van der Waals surface area contributed by atoms with Crippen LogP contribution in [0.2, 0.25) is 0 Å². The molecule has 0 aromatic heterocycles. The number of hydrogen-bond donors (Lipinski definition) is 1. The Balaban J connectivity index is 2.68. The zero-order chi connectivity index (χ0) is 6.85. The summed E-state index contributed by atoms with van der Waals surface area (Å²) in [5, 5.41) is 8.93. The molecule has 0 fully saturated rings. The molecular formula is C7H10O2. The molecule has 0 radical (unpaired) electrons. The van der Waals surface area contributed by atoms with Crippen LogP contribution in [0.25, 0.3) is 0 Å². The summed E-state index contributed by atoms with van der Waals surface area (Å²) in [6.45, 7) is 1.79. The smallest absolute Gasteiger partial charge is 0.160 e. The second kappa shape index (κ2) is 2.31. The molecule has 0 saturated carbocycles. The average molecular weight is 126 g/mol. The number of ketones is 1. The Labute approximate surface area is 54.2 Å². The van der Waals surface area contributed by atoms with Crippen molar-refractivity contribution in [3.8, 4) is 0 Å². The van der Waals surface area contributed by atoms with Gasteiger partial charge in [0.05, 0.1) is 6.10 Å². The van der Waals surface area contributed by atoms with Gasteiger partial charge < -0.3 is 5.11 Å². The van der Waals surface area contributed by atoms with Crippen molar-refractivity contribution in [2.75, 3.05) is 0 Å². The van der Waals surface area contributed by atoms with E-state index in [1.165, 1.54) is 0 Å². The summed E-state index contributed by atoms with van der Waals surface area (Å²) in [4.78, 5) is 10.8. The molecule has 0 amide bonds. The summed E-state index contributed by atoms with van der Waals surface area (Å²) in [5.41, 5.74) is 0.792. The topological polar surface area (TPSA) is 37.3 Å². The van der Waals surface area contributed by atoms with Crippen molar-refractivity contribution >= 4 is 5.78 Å². The lowest BCUT2D eigenvalue weighted by Crippen LogP contribution is -2.17. The molecule has 1 aliphatic rings. The minimum atomic E-state index is -0.429. The van der Waals surface area contributed by atoms with E-state index in [-0.39, 0.29) is 5.78 Å². The van der Waals surface area contributed by atoms with Gasteiger partial charge in [-0.3, -0.25) is 4.79 Å². The lowest BCUT2D eigenvalue weighted by molar-refractivity contribution is -0.117. The molecule has 1 atom stereocenters. The van der Waals surface area contributed by atoms with Crippen molar-refractivity contribution in [1.82, 2.24) is 0 Å². The molecule has 1 rings (SSSR count). The van der Waals surface area contributed by atoms with E-state index in [0.29, 0.717) is 12.8 Å². The SMILES string of the molecule is CC1=CCC(O)CC1=O. The second-order valence-electron chi connectivity index (χ2n) is 2.40. The van der Waals surface area contributed by atoms with Gasteiger partial charge in [-0.25, -0.2) is 0 Å². The predicted molar refractivity (Wildman–Crippen MR) is 34.0 cm³/mol. The van der Waals surface area contributed by atoms with Crippen LogP contribution in [-0.2, 0) is 4.79 Å². The Kier molecular flexibility index (Phi) is 1.67. The molecule has 0 bridgehead atoms. The fourth-order valence-electron chi connectivity index (χ4n) is 0.885. The molecule has 1 aliphatic carbocycles. The van der Waals surface area contributed by atoms with Gasteiger partial charge in [0.15, 0.2) is 5.78 Å². The standard InChI is InChI=1S/C7H10O2/c1-5-2-3-6(8)4-7(5)9/h2,6,8H,3-4H2,1H3. The molecule has 0 saturated heterocycles. The van der Waals surface area contributed by atoms with Crippen LogP contribution in [-0.4, -0.2) is 17.0 Å². The lowest BCUT2D eigenvalue weighted by atomic mass is 9.97. The number of rotatable bonds is 0. The molecule has 0 heterocycles. The van der Waals surface area contributed by atoms with E-state index in [4.69, 9.17) is 5.11 Å². The predicted octanol–water partition coefficient (Wildman–Crippen LogP) is 0.657. The number of carbonyl (C=O) groups excluding carboxylic acids is 1. The monoisotopic (exact) mass is 126 g/mol. The van der Waals surface area contributed by atoms with Gasteiger partial charge in [0.25, 0.3) is 0 Å². The van der Waals surface area contributed by atoms with Gasteiger partial charge in [0.2, 0.25) is 0 Å². The minimum Gasteiger partial charge on any atom is -0.392 e.